The Morgan fingerprint density at radius 1 is 1.39 bits per heavy atom. The first-order valence-electron chi connectivity index (χ1n) is 5.95. The van der Waals surface area contributed by atoms with Crippen molar-refractivity contribution in [2.24, 2.45) is 5.92 Å². The average Bonchev–Trinajstić information content (AvgIpc) is 2.32. The van der Waals surface area contributed by atoms with Crippen molar-refractivity contribution in [3.8, 4) is 0 Å². The van der Waals surface area contributed by atoms with E-state index in [1.165, 1.54) is 4.57 Å². The first-order chi connectivity index (χ1) is 8.47. The molecule has 100 valence electrons. The smallest absolute Gasteiger partial charge is 0.316 e. The van der Waals surface area contributed by atoms with Crippen LogP contribution in [0.4, 0.5) is 13.2 Å². The van der Waals surface area contributed by atoms with Gasteiger partial charge < -0.3 is 9.88 Å². The summed E-state index contributed by atoms with van der Waals surface area (Å²) in [5.41, 5.74) is -1.15. The minimum absolute atomic E-state index is 0.222. The molecule has 1 N–H and O–H groups in total. The lowest BCUT2D eigenvalue weighted by molar-refractivity contribution is -0.138. The van der Waals surface area contributed by atoms with Crippen molar-refractivity contribution in [3.05, 3.63) is 34.2 Å². The zero-order valence-corrected chi connectivity index (χ0v) is 9.83. The highest BCUT2D eigenvalue weighted by Crippen LogP contribution is 2.28. The van der Waals surface area contributed by atoms with Gasteiger partial charge in [-0.25, -0.2) is 0 Å². The molecule has 1 fully saturated rings. The van der Waals surface area contributed by atoms with E-state index in [2.05, 4.69) is 5.32 Å². The van der Waals surface area contributed by atoms with Crippen molar-refractivity contribution < 1.29 is 13.2 Å². The Kier molecular flexibility index (Phi) is 3.75. The Morgan fingerprint density at radius 3 is 2.78 bits per heavy atom. The van der Waals surface area contributed by atoms with Crippen LogP contribution in [0.1, 0.15) is 18.4 Å². The fraction of sp³-hybridized carbons (Fsp3) is 0.583. The third-order valence-electron chi connectivity index (χ3n) is 3.16. The predicted octanol–water partition coefficient (Wildman–Crippen LogP) is 1.87. The molecule has 0 aliphatic carbocycles. The van der Waals surface area contributed by atoms with Crippen LogP contribution in [-0.4, -0.2) is 17.7 Å². The summed E-state index contributed by atoms with van der Waals surface area (Å²) in [7, 11) is 0. The van der Waals surface area contributed by atoms with Crippen LogP contribution in [-0.2, 0) is 12.7 Å². The molecular weight excluding hydrogens is 245 g/mol. The first kappa shape index (κ1) is 13.1. The molecule has 1 aliphatic rings. The molecule has 0 unspecified atom stereocenters. The minimum atomic E-state index is -4.40. The molecule has 0 saturated carbocycles. The normalized spacial score (nSPS) is 20.9. The Balaban J connectivity index is 2.18. The van der Waals surface area contributed by atoms with E-state index < -0.39 is 11.7 Å². The second kappa shape index (κ2) is 5.14. The number of alkyl halides is 3. The SMILES string of the molecule is O=c1ccc(C(F)(F)F)cn1C[C@H]1CCCNC1. The molecule has 0 spiro atoms. The number of hydrogen-bond donors (Lipinski definition) is 1. The summed E-state index contributed by atoms with van der Waals surface area (Å²) in [6.45, 7) is 2.03. The van der Waals surface area contributed by atoms with E-state index in [1.54, 1.807) is 0 Å². The van der Waals surface area contributed by atoms with Gasteiger partial charge in [0.2, 0.25) is 0 Å². The number of rotatable bonds is 2. The summed E-state index contributed by atoms with van der Waals surface area (Å²) in [4.78, 5) is 11.5. The highest BCUT2D eigenvalue weighted by Gasteiger charge is 2.31. The number of nitrogens with one attached hydrogen (secondary N) is 1. The largest absolute Gasteiger partial charge is 0.417 e. The van der Waals surface area contributed by atoms with Crippen LogP contribution in [0.5, 0.6) is 0 Å². The van der Waals surface area contributed by atoms with Gasteiger partial charge in [0.1, 0.15) is 0 Å². The summed E-state index contributed by atoms with van der Waals surface area (Å²) in [5, 5.41) is 3.18. The minimum Gasteiger partial charge on any atom is -0.316 e. The van der Waals surface area contributed by atoms with E-state index in [0.717, 1.165) is 44.3 Å². The molecule has 6 heteroatoms. The van der Waals surface area contributed by atoms with Gasteiger partial charge in [-0.1, -0.05) is 0 Å². The van der Waals surface area contributed by atoms with E-state index in [0.29, 0.717) is 6.54 Å². The lowest BCUT2D eigenvalue weighted by Gasteiger charge is -2.23. The van der Waals surface area contributed by atoms with Gasteiger partial charge in [0, 0.05) is 18.8 Å². The van der Waals surface area contributed by atoms with Crippen molar-refractivity contribution >= 4 is 0 Å². The van der Waals surface area contributed by atoms with Crippen LogP contribution in [0.25, 0.3) is 0 Å². The quantitative estimate of drug-likeness (QED) is 0.880. The van der Waals surface area contributed by atoms with Crippen LogP contribution >= 0.6 is 0 Å². The van der Waals surface area contributed by atoms with E-state index in [9.17, 15) is 18.0 Å². The maximum Gasteiger partial charge on any atom is 0.417 e. The van der Waals surface area contributed by atoms with E-state index in [1.807, 2.05) is 0 Å². The zero-order chi connectivity index (χ0) is 13.2. The third kappa shape index (κ3) is 3.13. The zero-order valence-electron chi connectivity index (χ0n) is 9.83. The molecule has 1 saturated heterocycles. The maximum atomic E-state index is 12.6. The number of halogens is 3. The molecule has 0 amide bonds. The fourth-order valence-corrected chi connectivity index (χ4v) is 2.20. The number of hydrogen-bond acceptors (Lipinski definition) is 2. The number of pyridine rings is 1. The van der Waals surface area contributed by atoms with Gasteiger partial charge in [-0.2, -0.15) is 13.2 Å². The molecule has 0 radical (unpaired) electrons. The number of piperidine rings is 1. The average molecular weight is 260 g/mol. The van der Waals surface area contributed by atoms with Gasteiger partial charge in [0.05, 0.1) is 5.56 Å². The van der Waals surface area contributed by atoms with Gasteiger partial charge in [0.15, 0.2) is 0 Å². The Morgan fingerprint density at radius 2 is 2.17 bits per heavy atom. The molecule has 2 rings (SSSR count). The Labute approximate surface area is 103 Å². The van der Waals surface area contributed by atoms with Gasteiger partial charge in [-0.3, -0.25) is 4.79 Å². The Hall–Kier alpha value is -1.30. The van der Waals surface area contributed by atoms with E-state index >= 15 is 0 Å². The van der Waals surface area contributed by atoms with Crippen molar-refractivity contribution in [1.29, 1.82) is 0 Å². The summed E-state index contributed by atoms with van der Waals surface area (Å²) in [6.07, 6.45) is -1.55. The van der Waals surface area contributed by atoms with Crippen LogP contribution in [0.3, 0.4) is 0 Å². The summed E-state index contributed by atoms with van der Waals surface area (Å²) >= 11 is 0. The lowest BCUT2D eigenvalue weighted by Crippen LogP contribution is -2.34. The molecule has 1 aromatic rings. The van der Waals surface area contributed by atoms with Crippen LogP contribution in [0.15, 0.2) is 23.1 Å². The summed E-state index contributed by atoms with van der Waals surface area (Å²) in [5.74, 6) is 0.222. The summed E-state index contributed by atoms with van der Waals surface area (Å²) in [6, 6.07) is 1.82. The third-order valence-corrected chi connectivity index (χ3v) is 3.16. The topological polar surface area (TPSA) is 34.0 Å². The molecular formula is C12H15F3N2O. The molecule has 1 aromatic heterocycles. The molecule has 0 aromatic carbocycles. The fourth-order valence-electron chi connectivity index (χ4n) is 2.20. The highest BCUT2D eigenvalue weighted by atomic mass is 19.4. The monoisotopic (exact) mass is 260 g/mol. The Bertz CT molecular complexity index is 461. The molecule has 2 heterocycles. The molecule has 3 nitrogen and oxygen atoms in total. The standard InChI is InChI=1S/C12H15F3N2O/c13-12(14,15)10-3-4-11(18)17(8-10)7-9-2-1-5-16-6-9/h3-4,8-9,16H,1-2,5-7H2/t9-/m0/s1. The first-order valence-corrected chi connectivity index (χ1v) is 5.95. The van der Waals surface area contributed by atoms with Crippen LogP contribution in [0.2, 0.25) is 0 Å². The lowest BCUT2D eigenvalue weighted by atomic mass is 9.99. The van der Waals surface area contributed by atoms with Crippen LogP contribution in [0, 0.1) is 5.92 Å². The van der Waals surface area contributed by atoms with E-state index in [4.69, 9.17) is 0 Å². The van der Waals surface area contributed by atoms with Gasteiger partial charge in [0.25, 0.3) is 5.56 Å². The van der Waals surface area contributed by atoms with Gasteiger partial charge in [-0.05, 0) is 37.9 Å². The molecule has 1 aliphatic heterocycles. The van der Waals surface area contributed by atoms with Crippen molar-refractivity contribution in [3.63, 3.8) is 0 Å². The van der Waals surface area contributed by atoms with E-state index in [-0.39, 0.29) is 11.5 Å². The second-order valence-electron chi connectivity index (χ2n) is 4.62. The maximum absolute atomic E-state index is 12.6. The summed E-state index contributed by atoms with van der Waals surface area (Å²) < 4.78 is 38.8. The molecule has 18 heavy (non-hydrogen) atoms. The number of aromatic nitrogens is 1. The second-order valence-corrected chi connectivity index (χ2v) is 4.62. The van der Waals surface area contributed by atoms with Crippen molar-refractivity contribution in [2.45, 2.75) is 25.6 Å². The molecule has 1 atom stereocenters. The van der Waals surface area contributed by atoms with Crippen LogP contribution < -0.4 is 10.9 Å². The number of nitrogens with zero attached hydrogens (tertiary/aromatic N) is 1. The van der Waals surface area contributed by atoms with Gasteiger partial charge in [-0.15, -0.1) is 0 Å². The highest BCUT2D eigenvalue weighted by molar-refractivity contribution is 5.13. The molecule has 0 bridgehead atoms. The predicted molar refractivity (Wildman–Crippen MR) is 61.3 cm³/mol. The van der Waals surface area contributed by atoms with Gasteiger partial charge >= 0.3 is 6.18 Å². The van der Waals surface area contributed by atoms with Crippen molar-refractivity contribution in [2.75, 3.05) is 13.1 Å². The van der Waals surface area contributed by atoms with Crippen molar-refractivity contribution in [1.82, 2.24) is 9.88 Å².